The first kappa shape index (κ1) is 16.1. The van der Waals surface area contributed by atoms with E-state index in [1.54, 1.807) is 17.5 Å². The number of thiophene rings is 1. The number of carbonyl (C=O) groups excluding carboxylic acids is 1. The van der Waals surface area contributed by atoms with E-state index in [-0.39, 0.29) is 10.8 Å². The molecule has 0 saturated heterocycles. The molecule has 9 heteroatoms. The lowest BCUT2D eigenvalue weighted by Crippen LogP contribution is -2.29. The molecule has 0 aliphatic rings. The van der Waals surface area contributed by atoms with Gasteiger partial charge in [-0.15, -0.1) is 11.3 Å². The molecule has 0 radical (unpaired) electrons. The number of hydrogen-bond acceptors (Lipinski definition) is 5. The number of anilines is 1. The Morgan fingerprint density at radius 3 is 2.36 bits per heavy atom. The average molecular weight is 340 g/mol. The highest BCUT2D eigenvalue weighted by atomic mass is 32.2. The molecule has 22 heavy (non-hydrogen) atoms. The van der Waals surface area contributed by atoms with Gasteiger partial charge in [0.05, 0.1) is 9.77 Å². The number of carboxylic acids is 1. The minimum Gasteiger partial charge on any atom is -0.480 e. The first-order valence-electron chi connectivity index (χ1n) is 6.05. The van der Waals surface area contributed by atoms with Crippen molar-refractivity contribution in [3.63, 3.8) is 0 Å². The Bertz CT molecular complexity index is 767. The molecule has 1 heterocycles. The summed E-state index contributed by atoms with van der Waals surface area (Å²) in [6.45, 7) is -0.695. The van der Waals surface area contributed by atoms with E-state index in [2.05, 4.69) is 5.32 Å². The highest BCUT2D eigenvalue weighted by molar-refractivity contribution is 7.89. The van der Waals surface area contributed by atoms with Crippen LogP contribution in [-0.2, 0) is 14.8 Å². The van der Waals surface area contributed by atoms with Gasteiger partial charge in [0.15, 0.2) is 0 Å². The molecule has 1 amide bonds. The molecule has 0 atom stereocenters. The third-order valence-electron chi connectivity index (χ3n) is 2.58. The number of aliphatic carboxylic acids is 1. The van der Waals surface area contributed by atoms with E-state index in [0.29, 0.717) is 10.6 Å². The number of rotatable bonds is 6. The number of benzene rings is 1. The summed E-state index contributed by atoms with van der Waals surface area (Å²) < 4.78 is 25.5. The molecule has 7 nitrogen and oxygen atoms in total. The normalized spacial score (nSPS) is 11.1. The molecule has 3 N–H and O–H groups in total. The standard InChI is InChI=1S/C13H12N2O5S2/c16-12(17)8-14-22(19,20)10-5-3-9(4-6-10)15-13(18)11-2-1-7-21-11/h1-7,14H,8H2,(H,15,18)(H,16,17). The van der Waals surface area contributed by atoms with Crippen molar-refractivity contribution in [1.82, 2.24) is 4.72 Å². The smallest absolute Gasteiger partial charge is 0.318 e. The maximum atomic E-state index is 11.8. The summed E-state index contributed by atoms with van der Waals surface area (Å²) in [5.41, 5.74) is 0.440. The Morgan fingerprint density at radius 2 is 1.82 bits per heavy atom. The number of sulfonamides is 1. The fourth-order valence-corrected chi connectivity index (χ4v) is 3.15. The van der Waals surface area contributed by atoms with Crippen molar-refractivity contribution in [3.05, 3.63) is 46.7 Å². The van der Waals surface area contributed by atoms with Crippen LogP contribution in [0.15, 0.2) is 46.7 Å². The molecule has 0 bridgehead atoms. The molecule has 2 aromatic rings. The van der Waals surface area contributed by atoms with Gasteiger partial charge in [-0.3, -0.25) is 9.59 Å². The minimum absolute atomic E-state index is 0.0807. The van der Waals surface area contributed by atoms with Crippen LogP contribution >= 0.6 is 11.3 Å². The lowest BCUT2D eigenvalue weighted by Gasteiger charge is -2.07. The van der Waals surface area contributed by atoms with Crippen LogP contribution in [0.4, 0.5) is 5.69 Å². The molecule has 0 spiro atoms. The zero-order valence-corrected chi connectivity index (χ0v) is 12.8. The summed E-state index contributed by atoms with van der Waals surface area (Å²) in [7, 11) is -3.89. The summed E-state index contributed by atoms with van der Waals surface area (Å²) >= 11 is 1.29. The van der Waals surface area contributed by atoms with Gasteiger partial charge in [0.1, 0.15) is 6.54 Å². The second-order valence-electron chi connectivity index (χ2n) is 4.17. The monoisotopic (exact) mass is 340 g/mol. The molecule has 1 aromatic carbocycles. The first-order chi connectivity index (χ1) is 10.4. The van der Waals surface area contributed by atoms with E-state index in [1.807, 2.05) is 4.72 Å². The number of amides is 1. The summed E-state index contributed by atoms with van der Waals surface area (Å²) in [6.07, 6.45) is 0. The number of carbonyl (C=O) groups is 2. The molecule has 0 saturated carbocycles. The fourth-order valence-electron chi connectivity index (χ4n) is 1.56. The molecule has 0 fully saturated rings. The molecular formula is C13H12N2O5S2. The van der Waals surface area contributed by atoms with Crippen LogP contribution in [0.5, 0.6) is 0 Å². The van der Waals surface area contributed by atoms with Crippen LogP contribution in [0.2, 0.25) is 0 Å². The van der Waals surface area contributed by atoms with Crippen molar-refractivity contribution in [3.8, 4) is 0 Å². The van der Waals surface area contributed by atoms with Crippen molar-refractivity contribution < 1.29 is 23.1 Å². The zero-order valence-electron chi connectivity index (χ0n) is 11.1. The van der Waals surface area contributed by atoms with Gasteiger partial charge in [0.25, 0.3) is 5.91 Å². The van der Waals surface area contributed by atoms with Gasteiger partial charge in [-0.25, -0.2) is 8.42 Å². The molecule has 1 aromatic heterocycles. The van der Waals surface area contributed by atoms with Crippen molar-refractivity contribution in [2.75, 3.05) is 11.9 Å². The van der Waals surface area contributed by atoms with E-state index >= 15 is 0 Å². The van der Waals surface area contributed by atoms with Crippen LogP contribution in [0.3, 0.4) is 0 Å². The topological polar surface area (TPSA) is 113 Å². The maximum absolute atomic E-state index is 11.8. The quantitative estimate of drug-likeness (QED) is 0.735. The van der Waals surface area contributed by atoms with Crippen molar-refractivity contribution in [2.45, 2.75) is 4.90 Å². The number of carboxylic acid groups (broad SMARTS) is 1. The second kappa shape index (κ2) is 6.69. The van der Waals surface area contributed by atoms with Crippen LogP contribution in [0.25, 0.3) is 0 Å². The molecule has 116 valence electrons. The van der Waals surface area contributed by atoms with Gasteiger partial charge >= 0.3 is 5.97 Å². The Kier molecular flexibility index (Phi) is 4.91. The van der Waals surface area contributed by atoms with Crippen molar-refractivity contribution in [1.29, 1.82) is 0 Å². The Labute approximate surface area is 130 Å². The van der Waals surface area contributed by atoms with Crippen molar-refractivity contribution >= 4 is 38.9 Å². The molecule has 2 rings (SSSR count). The SMILES string of the molecule is O=C(O)CNS(=O)(=O)c1ccc(NC(=O)c2cccs2)cc1. The summed E-state index contributed by atoms with van der Waals surface area (Å²) in [4.78, 5) is 22.7. The number of hydrogen-bond donors (Lipinski definition) is 3. The summed E-state index contributed by atoms with van der Waals surface area (Å²) in [5, 5.41) is 12.9. The number of nitrogens with one attached hydrogen (secondary N) is 2. The van der Waals surface area contributed by atoms with E-state index in [9.17, 15) is 18.0 Å². The predicted octanol–water partition coefficient (Wildman–Crippen LogP) is 1.36. The van der Waals surface area contributed by atoms with Crippen LogP contribution in [0, 0.1) is 0 Å². The maximum Gasteiger partial charge on any atom is 0.318 e. The Morgan fingerprint density at radius 1 is 1.14 bits per heavy atom. The average Bonchev–Trinajstić information content (AvgIpc) is 3.00. The predicted molar refractivity (Wildman–Crippen MR) is 81.5 cm³/mol. The highest BCUT2D eigenvalue weighted by Crippen LogP contribution is 2.16. The zero-order chi connectivity index (χ0) is 16.2. The molecule has 0 unspecified atom stereocenters. The molecular weight excluding hydrogens is 328 g/mol. The minimum atomic E-state index is -3.89. The summed E-state index contributed by atoms with van der Waals surface area (Å²) in [5.74, 6) is -1.56. The Hall–Kier alpha value is -2.23. The van der Waals surface area contributed by atoms with Gasteiger partial charge in [-0.05, 0) is 35.7 Å². The van der Waals surface area contributed by atoms with Gasteiger partial charge in [0.2, 0.25) is 10.0 Å². The first-order valence-corrected chi connectivity index (χ1v) is 8.41. The second-order valence-corrected chi connectivity index (χ2v) is 6.89. The largest absolute Gasteiger partial charge is 0.480 e. The van der Waals surface area contributed by atoms with Gasteiger partial charge in [-0.1, -0.05) is 6.07 Å². The van der Waals surface area contributed by atoms with E-state index in [4.69, 9.17) is 5.11 Å². The van der Waals surface area contributed by atoms with Crippen LogP contribution < -0.4 is 10.0 Å². The van der Waals surface area contributed by atoms with E-state index in [0.717, 1.165) is 0 Å². The molecule has 0 aliphatic carbocycles. The Balaban J connectivity index is 2.07. The van der Waals surface area contributed by atoms with Crippen LogP contribution in [-0.4, -0.2) is 31.9 Å². The third kappa shape index (κ3) is 4.13. The van der Waals surface area contributed by atoms with Gasteiger partial charge in [-0.2, -0.15) is 4.72 Å². The van der Waals surface area contributed by atoms with E-state index < -0.39 is 22.5 Å². The lowest BCUT2D eigenvalue weighted by molar-refractivity contribution is -0.135. The highest BCUT2D eigenvalue weighted by Gasteiger charge is 2.15. The third-order valence-corrected chi connectivity index (χ3v) is 4.87. The van der Waals surface area contributed by atoms with Gasteiger partial charge < -0.3 is 10.4 Å². The van der Waals surface area contributed by atoms with E-state index in [1.165, 1.54) is 35.6 Å². The summed E-state index contributed by atoms with van der Waals surface area (Å²) in [6, 6.07) is 8.86. The van der Waals surface area contributed by atoms with Crippen molar-refractivity contribution in [2.24, 2.45) is 0 Å². The van der Waals surface area contributed by atoms with Gasteiger partial charge in [0, 0.05) is 5.69 Å². The fraction of sp³-hybridized carbons (Fsp3) is 0.0769. The molecule has 0 aliphatic heterocycles. The van der Waals surface area contributed by atoms with Crippen LogP contribution in [0.1, 0.15) is 9.67 Å². The lowest BCUT2D eigenvalue weighted by atomic mass is 10.3.